The molecule has 2 rings (SSSR count). The van der Waals surface area contributed by atoms with Crippen molar-refractivity contribution in [1.82, 2.24) is 0 Å². The van der Waals surface area contributed by atoms with Gasteiger partial charge in [-0.05, 0) is 33.1 Å². The summed E-state index contributed by atoms with van der Waals surface area (Å²) in [7, 11) is 0. The summed E-state index contributed by atoms with van der Waals surface area (Å²) in [5.74, 6) is 0.830. The summed E-state index contributed by atoms with van der Waals surface area (Å²) >= 11 is 1.62. The molecular formula is C23H30O2S. The molecule has 0 saturated carbocycles. The number of thioether (sulfide) groups is 1. The minimum atomic E-state index is -0.170. The number of aromatic hydroxyl groups is 1. The van der Waals surface area contributed by atoms with Crippen LogP contribution in [0.25, 0.3) is 0 Å². The van der Waals surface area contributed by atoms with Gasteiger partial charge in [0.1, 0.15) is 12.0 Å². The fourth-order valence-electron chi connectivity index (χ4n) is 3.10. The Hall–Kier alpha value is -1.74. The molecule has 0 spiro atoms. The highest BCUT2D eigenvalue weighted by atomic mass is 32.2. The fraction of sp³-hybridized carbons (Fsp3) is 0.435. The molecule has 1 unspecified atom stereocenters. The zero-order chi connectivity index (χ0) is 19.5. The second-order valence-electron chi connectivity index (χ2n) is 8.76. The lowest BCUT2D eigenvalue weighted by molar-refractivity contribution is -0.105. The molecule has 0 saturated heterocycles. The Morgan fingerprint density at radius 2 is 1.42 bits per heavy atom. The maximum atomic E-state index is 11.0. The van der Waals surface area contributed by atoms with E-state index in [0.29, 0.717) is 11.5 Å². The molecule has 0 bridgehead atoms. The van der Waals surface area contributed by atoms with E-state index in [1.807, 2.05) is 18.2 Å². The Morgan fingerprint density at radius 1 is 0.923 bits per heavy atom. The number of carbonyl (C=O) groups excluding carboxylic acids is 1. The number of phenolic OH excluding ortho intramolecular Hbond substituents is 1. The van der Waals surface area contributed by atoms with Crippen molar-refractivity contribution in [3.8, 4) is 5.75 Å². The largest absolute Gasteiger partial charge is 0.507 e. The fourth-order valence-corrected chi connectivity index (χ4v) is 4.05. The van der Waals surface area contributed by atoms with Crippen LogP contribution >= 0.6 is 11.8 Å². The molecule has 1 N–H and O–H groups in total. The smallest absolute Gasteiger partial charge is 0.129 e. The minimum Gasteiger partial charge on any atom is -0.507 e. The first-order valence-electron chi connectivity index (χ1n) is 9.03. The van der Waals surface area contributed by atoms with Gasteiger partial charge in [0.05, 0.1) is 11.0 Å². The molecule has 0 heterocycles. The maximum Gasteiger partial charge on any atom is 0.129 e. The van der Waals surface area contributed by atoms with Gasteiger partial charge in [-0.2, -0.15) is 0 Å². The van der Waals surface area contributed by atoms with E-state index in [1.54, 1.807) is 11.8 Å². The second kappa shape index (κ2) is 7.87. The highest BCUT2D eigenvalue weighted by Crippen LogP contribution is 2.44. The number of benzene rings is 2. The molecule has 0 amide bonds. The Labute approximate surface area is 162 Å². The van der Waals surface area contributed by atoms with Gasteiger partial charge in [-0.1, -0.05) is 84.0 Å². The van der Waals surface area contributed by atoms with Crippen LogP contribution in [0.4, 0.5) is 0 Å². The van der Waals surface area contributed by atoms with E-state index >= 15 is 0 Å². The van der Waals surface area contributed by atoms with Gasteiger partial charge in [-0.3, -0.25) is 0 Å². The molecule has 140 valence electrons. The van der Waals surface area contributed by atoms with Crippen LogP contribution in [0.5, 0.6) is 5.75 Å². The summed E-state index contributed by atoms with van der Waals surface area (Å²) in [6.45, 7) is 12.7. The van der Waals surface area contributed by atoms with Crippen LogP contribution < -0.4 is 0 Å². The predicted molar refractivity (Wildman–Crippen MR) is 112 cm³/mol. The number of carbonyl (C=O) groups is 1. The monoisotopic (exact) mass is 370 g/mol. The van der Waals surface area contributed by atoms with Gasteiger partial charge in [0.2, 0.25) is 0 Å². The Kier molecular flexibility index (Phi) is 6.23. The summed E-state index contributed by atoms with van der Waals surface area (Å²) in [5, 5.41) is 11.0. The van der Waals surface area contributed by atoms with Gasteiger partial charge in [0.25, 0.3) is 0 Å². The third-order valence-electron chi connectivity index (χ3n) is 4.48. The third kappa shape index (κ3) is 4.70. The highest BCUT2D eigenvalue weighted by Gasteiger charge is 2.28. The normalized spacial score (nSPS) is 13.5. The van der Waals surface area contributed by atoms with Gasteiger partial charge in [0.15, 0.2) is 0 Å². The number of phenols is 1. The lowest BCUT2D eigenvalue weighted by Crippen LogP contribution is -2.18. The Balaban J connectivity index is 2.70. The third-order valence-corrected chi connectivity index (χ3v) is 5.69. The van der Waals surface area contributed by atoms with Gasteiger partial charge in [0, 0.05) is 0 Å². The predicted octanol–water partition coefficient (Wildman–Crippen LogP) is 6.01. The number of aldehydes is 1. The van der Waals surface area contributed by atoms with Crippen LogP contribution in [0.1, 0.15) is 69.0 Å². The summed E-state index contributed by atoms with van der Waals surface area (Å²) in [6, 6.07) is 14.5. The lowest BCUT2D eigenvalue weighted by atomic mass is 9.78. The summed E-state index contributed by atoms with van der Waals surface area (Å²) < 4.78 is 0. The topological polar surface area (TPSA) is 37.3 Å². The molecule has 0 fully saturated rings. The molecule has 0 aliphatic carbocycles. The highest BCUT2D eigenvalue weighted by molar-refractivity contribution is 8.00. The SMILES string of the molecule is CC(C)(C)c1cc(C(SCC=O)c2ccccc2)cc(C(C)(C)C)c1O. The van der Waals surface area contributed by atoms with Gasteiger partial charge in [-0.25, -0.2) is 0 Å². The average Bonchev–Trinajstić information content (AvgIpc) is 2.55. The van der Waals surface area contributed by atoms with Crippen molar-refractivity contribution in [2.24, 2.45) is 0 Å². The van der Waals surface area contributed by atoms with E-state index in [2.05, 4.69) is 65.8 Å². The van der Waals surface area contributed by atoms with Crippen molar-refractivity contribution in [3.05, 3.63) is 64.7 Å². The zero-order valence-corrected chi connectivity index (χ0v) is 17.5. The van der Waals surface area contributed by atoms with Crippen LogP contribution in [0.2, 0.25) is 0 Å². The first-order valence-corrected chi connectivity index (χ1v) is 10.1. The molecule has 1 atom stereocenters. The molecule has 2 aromatic rings. The van der Waals surface area contributed by atoms with Crippen molar-refractivity contribution >= 4 is 18.0 Å². The van der Waals surface area contributed by atoms with Crippen LogP contribution in [0.15, 0.2) is 42.5 Å². The molecule has 26 heavy (non-hydrogen) atoms. The van der Waals surface area contributed by atoms with Crippen molar-refractivity contribution < 1.29 is 9.90 Å². The van der Waals surface area contributed by atoms with Crippen LogP contribution in [-0.2, 0) is 15.6 Å². The summed E-state index contributed by atoms with van der Waals surface area (Å²) in [5.41, 5.74) is 3.87. The first kappa shape index (κ1) is 20.6. The number of hydrogen-bond donors (Lipinski definition) is 1. The molecule has 0 radical (unpaired) electrons. The molecule has 2 nitrogen and oxygen atoms in total. The molecular weight excluding hydrogens is 340 g/mol. The van der Waals surface area contributed by atoms with Gasteiger partial charge in [-0.15, -0.1) is 11.8 Å². The zero-order valence-electron chi connectivity index (χ0n) is 16.7. The molecule has 2 aromatic carbocycles. The quantitative estimate of drug-likeness (QED) is 0.655. The van der Waals surface area contributed by atoms with E-state index in [4.69, 9.17) is 0 Å². The Morgan fingerprint density at radius 3 is 1.85 bits per heavy atom. The molecule has 0 aliphatic rings. The number of hydrogen-bond acceptors (Lipinski definition) is 3. The van der Waals surface area contributed by atoms with Crippen molar-refractivity contribution in [3.63, 3.8) is 0 Å². The summed E-state index contributed by atoms with van der Waals surface area (Å²) in [4.78, 5) is 11.0. The van der Waals surface area contributed by atoms with E-state index in [1.165, 1.54) is 5.56 Å². The van der Waals surface area contributed by atoms with Crippen molar-refractivity contribution in [2.75, 3.05) is 5.75 Å². The van der Waals surface area contributed by atoms with Crippen molar-refractivity contribution in [2.45, 2.75) is 57.6 Å². The van der Waals surface area contributed by atoms with Crippen molar-refractivity contribution in [1.29, 1.82) is 0 Å². The minimum absolute atomic E-state index is 0.0594. The van der Waals surface area contributed by atoms with Gasteiger partial charge < -0.3 is 9.90 Å². The molecule has 3 heteroatoms. The number of rotatable bonds is 5. The Bertz CT molecular complexity index is 717. The first-order chi connectivity index (χ1) is 12.1. The van der Waals surface area contributed by atoms with E-state index in [0.717, 1.165) is 23.0 Å². The second-order valence-corrected chi connectivity index (χ2v) is 9.89. The van der Waals surface area contributed by atoms with E-state index in [9.17, 15) is 9.90 Å². The maximum absolute atomic E-state index is 11.0. The lowest BCUT2D eigenvalue weighted by Gasteiger charge is -2.30. The van der Waals surface area contributed by atoms with Crippen LogP contribution in [0, 0.1) is 0 Å². The van der Waals surface area contributed by atoms with Gasteiger partial charge >= 0.3 is 0 Å². The van der Waals surface area contributed by atoms with Crippen LogP contribution in [-0.4, -0.2) is 17.1 Å². The van der Waals surface area contributed by atoms with E-state index in [-0.39, 0.29) is 16.1 Å². The summed E-state index contributed by atoms with van der Waals surface area (Å²) in [6.07, 6.45) is 0.955. The average molecular weight is 371 g/mol. The molecule has 0 aliphatic heterocycles. The van der Waals surface area contributed by atoms with Crippen LogP contribution in [0.3, 0.4) is 0 Å². The standard InChI is InChI=1S/C23H30O2S/c1-22(2,3)18-14-17(15-19(20(18)25)23(4,5)6)21(26-13-12-24)16-10-8-7-9-11-16/h7-12,14-15,21,25H,13H2,1-6H3. The molecule has 0 aromatic heterocycles. The van der Waals surface area contributed by atoms with E-state index < -0.39 is 0 Å².